The van der Waals surface area contributed by atoms with Crippen molar-refractivity contribution in [1.82, 2.24) is 4.98 Å². The number of halogens is 2. The SMILES string of the molecule is CCOC(=O)Cc1cc(N)ncc1C(F)F. The molecule has 0 aliphatic carbocycles. The van der Waals surface area contributed by atoms with E-state index in [1.165, 1.54) is 6.07 Å². The van der Waals surface area contributed by atoms with Crippen molar-refractivity contribution in [3.05, 3.63) is 23.4 Å². The lowest BCUT2D eigenvalue weighted by Gasteiger charge is -2.08. The molecule has 0 aliphatic rings. The maximum absolute atomic E-state index is 12.6. The molecule has 0 unspecified atom stereocenters. The third-order valence-corrected chi connectivity index (χ3v) is 1.92. The van der Waals surface area contributed by atoms with Gasteiger partial charge in [0.2, 0.25) is 0 Å². The molecule has 4 nitrogen and oxygen atoms in total. The van der Waals surface area contributed by atoms with Crippen molar-refractivity contribution in [2.24, 2.45) is 0 Å². The minimum Gasteiger partial charge on any atom is -0.466 e. The van der Waals surface area contributed by atoms with Gasteiger partial charge in [0.25, 0.3) is 6.43 Å². The highest BCUT2D eigenvalue weighted by Crippen LogP contribution is 2.23. The molecule has 6 heteroatoms. The molecule has 0 fully saturated rings. The van der Waals surface area contributed by atoms with Crippen molar-refractivity contribution in [2.45, 2.75) is 19.8 Å². The summed E-state index contributed by atoms with van der Waals surface area (Å²) in [5.74, 6) is -0.460. The molecule has 0 aromatic carbocycles. The summed E-state index contributed by atoms with van der Waals surface area (Å²) in [5.41, 5.74) is 5.23. The monoisotopic (exact) mass is 230 g/mol. The first-order chi connectivity index (χ1) is 7.54. The first-order valence-corrected chi connectivity index (χ1v) is 4.72. The van der Waals surface area contributed by atoms with Crippen LogP contribution >= 0.6 is 0 Å². The molecule has 0 atom stereocenters. The molecule has 1 rings (SSSR count). The third kappa shape index (κ3) is 3.15. The van der Waals surface area contributed by atoms with Crippen molar-refractivity contribution in [3.63, 3.8) is 0 Å². The average Bonchev–Trinajstić information content (AvgIpc) is 2.17. The minimum absolute atomic E-state index is 0.101. The van der Waals surface area contributed by atoms with Gasteiger partial charge in [-0.15, -0.1) is 0 Å². The van der Waals surface area contributed by atoms with Crippen molar-refractivity contribution in [1.29, 1.82) is 0 Å². The van der Waals surface area contributed by atoms with Gasteiger partial charge in [-0.05, 0) is 18.6 Å². The fourth-order valence-electron chi connectivity index (χ4n) is 1.24. The number of pyridine rings is 1. The summed E-state index contributed by atoms with van der Waals surface area (Å²) in [6.45, 7) is 1.86. The van der Waals surface area contributed by atoms with Crippen LogP contribution in [0.25, 0.3) is 0 Å². The number of aromatic nitrogens is 1. The van der Waals surface area contributed by atoms with E-state index in [1.54, 1.807) is 6.92 Å². The topological polar surface area (TPSA) is 65.2 Å². The highest BCUT2D eigenvalue weighted by Gasteiger charge is 2.16. The summed E-state index contributed by atoms with van der Waals surface area (Å²) >= 11 is 0. The Labute approximate surface area is 91.4 Å². The quantitative estimate of drug-likeness (QED) is 0.799. The number of nitrogens with two attached hydrogens (primary N) is 1. The largest absolute Gasteiger partial charge is 0.466 e. The summed E-state index contributed by atoms with van der Waals surface area (Å²) in [5, 5.41) is 0. The lowest BCUT2D eigenvalue weighted by atomic mass is 10.1. The molecule has 0 bridgehead atoms. The Morgan fingerprint density at radius 1 is 1.62 bits per heavy atom. The number of alkyl halides is 2. The molecule has 16 heavy (non-hydrogen) atoms. The molecule has 1 heterocycles. The molecular formula is C10H12F2N2O2. The maximum Gasteiger partial charge on any atom is 0.310 e. The highest BCUT2D eigenvalue weighted by molar-refractivity contribution is 5.73. The standard InChI is InChI=1S/C10H12F2N2O2/c1-2-16-9(15)4-6-3-8(13)14-5-7(6)10(11)12/h3,5,10H,2,4H2,1H3,(H2,13,14). The Morgan fingerprint density at radius 2 is 2.31 bits per heavy atom. The van der Waals surface area contributed by atoms with Gasteiger partial charge in [-0.3, -0.25) is 4.79 Å². The van der Waals surface area contributed by atoms with E-state index in [4.69, 9.17) is 5.73 Å². The number of esters is 1. The molecule has 0 saturated heterocycles. The summed E-state index contributed by atoms with van der Waals surface area (Å²) in [6.07, 6.45) is -1.92. The van der Waals surface area contributed by atoms with Crippen molar-refractivity contribution < 1.29 is 18.3 Å². The first kappa shape index (κ1) is 12.4. The van der Waals surface area contributed by atoms with Gasteiger partial charge in [0, 0.05) is 11.8 Å². The van der Waals surface area contributed by atoms with Gasteiger partial charge in [0.1, 0.15) is 5.82 Å². The number of anilines is 1. The Balaban J connectivity index is 2.92. The number of rotatable bonds is 4. The van der Waals surface area contributed by atoms with Crippen LogP contribution in [0.15, 0.2) is 12.3 Å². The molecule has 0 aliphatic heterocycles. The zero-order valence-electron chi connectivity index (χ0n) is 8.74. The summed E-state index contributed by atoms with van der Waals surface area (Å²) in [7, 11) is 0. The van der Waals surface area contributed by atoms with E-state index in [9.17, 15) is 13.6 Å². The van der Waals surface area contributed by atoms with E-state index in [1.807, 2.05) is 0 Å². The normalized spacial score (nSPS) is 10.5. The Bertz CT molecular complexity index is 383. The second-order valence-electron chi connectivity index (χ2n) is 3.09. The summed E-state index contributed by atoms with van der Waals surface area (Å²) in [4.78, 5) is 14.7. The smallest absolute Gasteiger partial charge is 0.310 e. The molecule has 0 spiro atoms. The van der Waals surface area contributed by atoms with Crippen LogP contribution in [0.1, 0.15) is 24.5 Å². The lowest BCUT2D eigenvalue weighted by Crippen LogP contribution is -2.10. The fourth-order valence-corrected chi connectivity index (χ4v) is 1.24. The van der Waals surface area contributed by atoms with Gasteiger partial charge in [-0.25, -0.2) is 13.8 Å². The molecule has 88 valence electrons. The fraction of sp³-hybridized carbons (Fsp3) is 0.400. The van der Waals surface area contributed by atoms with E-state index in [-0.39, 0.29) is 30.0 Å². The van der Waals surface area contributed by atoms with Crippen molar-refractivity contribution >= 4 is 11.8 Å². The number of carbonyl (C=O) groups excluding carboxylic acids is 1. The zero-order chi connectivity index (χ0) is 12.1. The van der Waals surface area contributed by atoms with E-state index < -0.39 is 12.4 Å². The molecule has 1 aromatic heterocycles. The molecule has 0 radical (unpaired) electrons. The predicted octanol–water partition coefficient (Wildman–Crippen LogP) is 1.71. The van der Waals surface area contributed by atoms with Gasteiger partial charge in [0.15, 0.2) is 0 Å². The van der Waals surface area contributed by atoms with Gasteiger partial charge >= 0.3 is 5.97 Å². The van der Waals surface area contributed by atoms with E-state index >= 15 is 0 Å². The zero-order valence-corrected chi connectivity index (χ0v) is 8.74. The van der Waals surface area contributed by atoms with Gasteiger partial charge in [-0.1, -0.05) is 0 Å². The number of hydrogen-bond donors (Lipinski definition) is 1. The Hall–Kier alpha value is -1.72. The Morgan fingerprint density at radius 3 is 2.88 bits per heavy atom. The number of ether oxygens (including phenoxy) is 1. The van der Waals surface area contributed by atoms with Crippen molar-refractivity contribution in [3.8, 4) is 0 Å². The number of nitrogen functional groups attached to an aromatic ring is 1. The Kier molecular flexibility index (Phi) is 4.16. The van der Waals surface area contributed by atoms with Crippen LogP contribution in [-0.4, -0.2) is 17.6 Å². The van der Waals surface area contributed by atoms with Gasteiger partial charge in [0.05, 0.1) is 13.0 Å². The minimum atomic E-state index is -2.68. The van der Waals surface area contributed by atoms with Crippen LogP contribution in [-0.2, 0) is 16.0 Å². The maximum atomic E-state index is 12.6. The van der Waals surface area contributed by atoms with Crippen LogP contribution in [0.5, 0.6) is 0 Å². The molecule has 0 saturated carbocycles. The molecule has 1 aromatic rings. The lowest BCUT2D eigenvalue weighted by molar-refractivity contribution is -0.142. The van der Waals surface area contributed by atoms with Crippen LogP contribution in [0.4, 0.5) is 14.6 Å². The highest BCUT2D eigenvalue weighted by atomic mass is 19.3. The van der Waals surface area contributed by atoms with Crippen LogP contribution in [0, 0.1) is 0 Å². The van der Waals surface area contributed by atoms with Crippen LogP contribution in [0.3, 0.4) is 0 Å². The molecule has 2 N–H and O–H groups in total. The third-order valence-electron chi connectivity index (χ3n) is 1.92. The van der Waals surface area contributed by atoms with Crippen molar-refractivity contribution in [2.75, 3.05) is 12.3 Å². The average molecular weight is 230 g/mol. The predicted molar refractivity (Wildman–Crippen MR) is 53.9 cm³/mol. The summed E-state index contributed by atoms with van der Waals surface area (Å²) < 4.78 is 29.8. The second kappa shape index (κ2) is 5.39. The van der Waals surface area contributed by atoms with Crippen LogP contribution in [0.2, 0.25) is 0 Å². The summed E-state index contributed by atoms with van der Waals surface area (Å²) in [6, 6.07) is 1.26. The molecular weight excluding hydrogens is 218 g/mol. The van der Waals surface area contributed by atoms with Gasteiger partial charge < -0.3 is 10.5 Å². The van der Waals surface area contributed by atoms with E-state index in [2.05, 4.69) is 9.72 Å². The van der Waals surface area contributed by atoms with E-state index in [0.29, 0.717) is 0 Å². The number of hydrogen-bond acceptors (Lipinski definition) is 4. The number of nitrogens with zero attached hydrogens (tertiary/aromatic N) is 1. The molecule has 0 amide bonds. The first-order valence-electron chi connectivity index (χ1n) is 4.72. The van der Waals surface area contributed by atoms with Crippen LogP contribution < -0.4 is 5.73 Å². The number of carbonyl (C=O) groups is 1. The van der Waals surface area contributed by atoms with E-state index in [0.717, 1.165) is 6.20 Å². The van der Waals surface area contributed by atoms with Gasteiger partial charge in [-0.2, -0.15) is 0 Å². The second-order valence-corrected chi connectivity index (χ2v) is 3.09.